The van der Waals surface area contributed by atoms with Crippen molar-refractivity contribution in [2.24, 2.45) is 0 Å². The fourth-order valence-corrected chi connectivity index (χ4v) is 8.27. The predicted molar refractivity (Wildman–Crippen MR) is 236 cm³/mol. The lowest BCUT2D eigenvalue weighted by atomic mass is 9.67. The molecule has 0 bridgehead atoms. The van der Waals surface area contributed by atoms with Crippen molar-refractivity contribution >= 4 is 17.1 Å². The highest BCUT2D eigenvalue weighted by atomic mass is 15.1. The molecule has 0 radical (unpaired) electrons. The number of hydrogen-bond donors (Lipinski definition) is 0. The van der Waals surface area contributed by atoms with Crippen molar-refractivity contribution < 1.29 is 0 Å². The molecule has 56 heavy (non-hydrogen) atoms. The predicted octanol–water partition coefficient (Wildman–Crippen LogP) is 14.5. The van der Waals surface area contributed by atoms with Gasteiger partial charge in [0, 0.05) is 17.1 Å². The molecule has 0 heterocycles. The van der Waals surface area contributed by atoms with Gasteiger partial charge in [0.25, 0.3) is 0 Å². The SMILES string of the molecule is c1ccc(-c2ccc(-c3ccc(N(c4ccccc4)c4ccc5c(c4)C(c4ccccc4)(c4ccccc4)c4ccccc4-5)cc3)cc2)cc1.c1ccccc1. The van der Waals surface area contributed by atoms with Crippen molar-refractivity contribution in [3.8, 4) is 33.4 Å². The molecule has 0 fully saturated rings. The first-order chi connectivity index (χ1) is 27.8. The molecular formula is C55H41N. The minimum Gasteiger partial charge on any atom is -0.310 e. The molecule has 1 heteroatoms. The Bertz CT molecular complexity index is 2570. The second kappa shape index (κ2) is 15.6. The summed E-state index contributed by atoms with van der Waals surface area (Å²) in [6.45, 7) is 0. The summed E-state index contributed by atoms with van der Waals surface area (Å²) in [7, 11) is 0. The number of anilines is 3. The lowest BCUT2D eigenvalue weighted by molar-refractivity contribution is 0.768. The number of fused-ring (bicyclic) bond motifs is 3. The second-order valence-electron chi connectivity index (χ2n) is 14.1. The topological polar surface area (TPSA) is 3.24 Å². The van der Waals surface area contributed by atoms with Crippen LogP contribution in [0, 0.1) is 0 Å². The maximum absolute atomic E-state index is 2.43. The van der Waals surface area contributed by atoms with Crippen LogP contribution in [0.1, 0.15) is 22.3 Å². The Hall–Kier alpha value is -7.22. The fraction of sp³-hybridized carbons (Fsp3) is 0.0182. The second-order valence-corrected chi connectivity index (χ2v) is 14.1. The standard InChI is InChI=1S/C49H35N.C6H6/c1-5-15-36(16-6-1)37-25-27-38(28-26-37)39-29-31-43(32-30-39)50(42-21-11-4-12-22-42)44-33-34-46-45-23-13-14-24-47(45)49(48(46)35-44,40-17-7-2-8-18-40)41-19-9-3-10-20-41;1-2-4-6-5-3-1/h1-35H;1-6H. The largest absolute Gasteiger partial charge is 0.310 e. The third kappa shape index (κ3) is 6.50. The van der Waals surface area contributed by atoms with Crippen molar-refractivity contribution in [1.82, 2.24) is 0 Å². The van der Waals surface area contributed by atoms with Gasteiger partial charge < -0.3 is 4.90 Å². The number of rotatable bonds is 7. The van der Waals surface area contributed by atoms with Crippen LogP contribution < -0.4 is 4.90 Å². The zero-order chi connectivity index (χ0) is 37.6. The van der Waals surface area contributed by atoms with Gasteiger partial charge in [0.1, 0.15) is 0 Å². The molecule has 0 aliphatic heterocycles. The smallest absolute Gasteiger partial charge is 0.0714 e. The molecule has 0 atom stereocenters. The van der Waals surface area contributed by atoms with E-state index in [9.17, 15) is 0 Å². The van der Waals surface area contributed by atoms with Gasteiger partial charge in [0.05, 0.1) is 5.41 Å². The minimum atomic E-state index is -0.456. The Morgan fingerprint density at radius 1 is 0.250 bits per heavy atom. The van der Waals surface area contributed by atoms with Crippen LogP contribution in [0.2, 0.25) is 0 Å². The lowest BCUT2D eigenvalue weighted by Crippen LogP contribution is -2.28. The van der Waals surface area contributed by atoms with E-state index in [1.165, 1.54) is 55.6 Å². The molecule has 9 aromatic rings. The van der Waals surface area contributed by atoms with Crippen molar-refractivity contribution in [1.29, 1.82) is 0 Å². The van der Waals surface area contributed by atoms with Crippen LogP contribution in [-0.2, 0) is 5.41 Å². The molecule has 0 N–H and O–H groups in total. The molecule has 0 saturated carbocycles. The molecule has 9 aromatic carbocycles. The van der Waals surface area contributed by atoms with Gasteiger partial charge in [-0.05, 0) is 92.0 Å². The van der Waals surface area contributed by atoms with Crippen LogP contribution in [0.5, 0.6) is 0 Å². The summed E-state index contributed by atoms with van der Waals surface area (Å²) in [5.74, 6) is 0. The molecule has 10 rings (SSSR count). The molecule has 0 saturated heterocycles. The summed E-state index contributed by atoms with van der Waals surface area (Å²) in [6.07, 6.45) is 0. The van der Waals surface area contributed by atoms with Gasteiger partial charge in [-0.25, -0.2) is 0 Å². The summed E-state index contributed by atoms with van der Waals surface area (Å²) in [5.41, 5.74) is 15.5. The van der Waals surface area contributed by atoms with E-state index in [-0.39, 0.29) is 0 Å². The van der Waals surface area contributed by atoms with E-state index in [1.54, 1.807) is 0 Å². The van der Waals surface area contributed by atoms with Gasteiger partial charge in [-0.3, -0.25) is 0 Å². The first-order valence-corrected chi connectivity index (χ1v) is 19.3. The van der Waals surface area contributed by atoms with Crippen LogP contribution in [0.3, 0.4) is 0 Å². The van der Waals surface area contributed by atoms with E-state index in [0.717, 1.165) is 17.1 Å². The Morgan fingerprint density at radius 2 is 0.607 bits per heavy atom. The number of nitrogens with zero attached hydrogens (tertiary/aromatic N) is 1. The Labute approximate surface area is 330 Å². The van der Waals surface area contributed by atoms with E-state index in [0.29, 0.717) is 0 Å². The third-order valence-corrected chi connectivity index (χ3v) is 10.8. The quantitative estimate of drug-likeness (QED) is 0.159. The Morgan fingerprint density at radius 3 is 1.14 bits per heavy atom. The summed E-state index contributed by atoms with van der Waals surface area (Å²) < 4.78 is 0. The van der Waals surface area contributed by atoms with Crippen molar-refractivity contribution in [3.63, 3.8) is 0 Å². The monoisotopic (exact) mass is 715 g/mol. The summed E-state index contributed by atoms with van der Waals surface area (Å²) in [5, 5.41) is 0. The average molecular weight is 716 g/mol. The summed E-state index contributed by atoms with van der Waals surface area (Å²) in [4.78, 5) is 2.38. The highest BCUT2D eigenvalue weighted by Crippen LogP contribution is 2.57. The fourth-order valence-electron chi connectivity index (χ4n) is 8.27. The Kier molecular flexibility index (Phi) is 9.64. The number of para-hydroxylation sites is 1. The molecule has 266 valence electrons. The molecule has 0 amide bonds. The van der Waals surface area contributed by atoms with Gasteiger partial charge in [-0.1, -0.05) is 212 Å². The van der Waals surface area contributed by atoms with Gasteiger partial charge in [-0.2, -0.15) is 0 Å². The molecule has 0 spiro atoms. The van der Waals surface area contributed by atoms with E-state index in [4.69, 9.17) is 0 Å². The Balaban J connectivity index is 0.000000626. The highest BCUT2D eigenvalue weighted by Gasteiger charge is 2.46. The van der Waals surface area contributed by atoms with Crippen molar-refractivity contribution in [2.45, 2.75) is 5.41 Å². The van der Waals surface area contributed by atoms with Crippen LogP contribution in [-0.4, -0.2) is 0 Å². The molecule has 0 unspecified atom stereocenters. The normalized spacial score (nSPS) is 12.1. The third-order valence-electron chi connectivity index (χ3n) is 10.8. The average Bonchev–Trinajstić information content (AvgIpc) is 3.59. The highest BCUT2D eigenvalue weighted by molar-refractivity contribution is 5.89. The van der Waals surface area contributed by atoms with Crippen molar-refractivity contribution in [3.05, 3.63) is 271 Å². The van der Waals surface area contributed by atoms with E-state index < -0.39 is 5.41 Å². The van der Waals surface area contributed by atoms with E-state index in [1.807, 2.05) is 36.4 Å². The summed E-state index contributed by atoms with van der Waals surface area (Å²) >= 11 is 0. The van der Waals surface area contributed by atoms with E-state index >= 15 is 0 Å². The summed E-state index contributed by atoms with van der Waals surface area (Å²) in [6, 6.07) is 89.1. The molecule has 1 aliphatic carbocycles. The maximum atomic E-state index is 2.43. The maximum Gasteiger partial charge on any atom is 0.0714 e. The zero-order valence-corrected chi connectivity index (χ0v) is 31.1. The first-order valence-electron chi connectivity index (χ1n) is 19.3. The van der Waals surface area contributed by atoms with Crippen LogP contribution >= 0.6 is 0 Å². The molecule has 1 nitrogen and oxygen atoms in total. The van der Waals surface area contributed by atoms with Crippen molar-refractivity contribution in [2.75, 3.05) is 4.90 Å². The van der Waals surface area contributed by atoms with Crippen LogP contribution in [0.4, 0.5) is 17.1 Å². The van der Waals surface area contributed by atoms with Gasteiger partial charge >= 0.3 is 0 Å². The van der Waals surface area contributed by atoms with Crippen LogP contribution in [0.25, 0.3) is 33.4 Å². The minimum absolute atomic E-state index is 0.456. The molecule has 0 aromatic heterocycles. The number of benzene rings is 9. The van der Waals surface area contributed by atoms with Gasteiger partial charge in [0.15, 0.2) is 0 Å². The van der Waals surface area contributed by atoms with E-state index in [2.05, 4.69) is 217 Å². The van der Waals surface area contributed by atoms with Gasteiger partial charge in [0.2, 0.25) is 0 Å². The molecular weight excluding hydrogens is 675 g/mol. The van der Waals surface area contributed by atoms with Gasteiger partial charge in [-0.15, -0.1) is 0 Å². The first kappa shape index (κ1) is 34.5. The van der Waals surface area contributed by atoms with Crippen LogP contribution in [0.15, 0.2) is 249 Å². The molecule has 1 aliphatic rings. The lowest BCUT2D eigenvalue weighted by Gasteiger charge is -2.35. The zero-order valence-electron chi connectivity index (χ0n) is 31.1. The number of hydrogen-bond acceptors (Lipinski definition) is 1.